The monoisotopic (exact) mass is 324 g/mol. The van der Waals surface area contributed by atoms with Crippen LogP contribution in [0.1, 0.15) is 6.42 Å². The second-order valence-electron chi connectivity index (χ2n) is 4.40. The number of nitrogens with zero attached hydrogens (tertiary/aromatic N) is 2. The molecule has 1 atom stereocenters. The molecule has 0 spiro atoms. The van der Waals surface area contributed by atoms with Gasteiger partial charge >= 0.3 is 11.9 Å². The number of esters is 2. The van der Waals surface area contributed by atoms with E-state index in [2.05, 4.69) is 9.47 Å². The van der Waals surface area contributed by atoms with Gasteiger partial charge in [-0.1, -0.05) is 0 Å². The summed E-state index contributed by atoms with van der Waals surface area (Å²) in [5.74, 6) is -1.11. The van der Waals surface area contributed by atoms with Gasteiger partial charge in [-0.2, -0.15) is 17.0 Å². The second-order valence-corrected chi connectivity index (χ2v) is 6.43. The molecule has 0 aromatic rings. The Bertz CT molecular complexity index is 479. The lowest BCUT2D eigenvalue weighted by molar-refractivity contribution is -0.157. The molecule has 0 aromatic carbocycles. The van der Waals surface area contributed by atoms with Gasteiger partial charge in [0.1, 0.15) is 0 Å². The van der Waals surface area contributed by atoms with Crippen LogP contribution in [0.2, 0.25) is 0 Å². The fourth-order valence-electron chi connectivity index (χ4n) is 1.77. The Hall–Kier alpha value is -1.23. The molecule has 0 amide bonds. The molecule has 0 bridgehead atoms. The number of morpholine rings is 1. The molecule has 1 rings (SSSR count). The summed E-state index contributed by atoms with van der Waals surface area (Å²) in [5, 5.41) is 0. The second kappa shape index (κ2) is 7.69. The molecule has 0 aliphatic carbocycles. The fraction of sp³-hybridized carbons (Fsp3) is 0.818. The summed E-state index contributed by atoms with van der Waals surface area (Å²) in [5.41, 5.74) is 0. The summed E-state index contributed by atoms with van der Waals surface area (Å²) >= 11 is 0. The van der Waals surface area contributed by atoms with Crippen molar-refractivity contribution in [1.29, 1.82) is 0 Å². The molecule has 122 valence electrons. The largest absolute Gasteiger partial charge is 0.469 e. The third-order valence-electron chi connectivity index (χ3n) is 3.07. The van der Waals surface area contributed by atoms with Gasteiger partial charge in [0.2, 0.25) is 0 Å². The SMILES string of the molecule is COC(=O)CCN(C)S(=O)(=O)N1CCOC(C(=O)OC)C1. The van der Waals surface area contributed by atoms with Gasteiger partial charge in [0, 0.05) is 20.1 Å². The minimum Gasteiger partial charge on any atom is -0.469 e. The summed E-state index contributed by atoms with van der Waals surface area (Å²) in [6.07, 6.45) is -0.982. The van der Waals surface area contributed by atoms with Crippen LogP contribution in [0, 0.1) is 0 Å². The summed E-state index contributed by atoms with van der Waals surface area (Å²) < 4.78 is 41.0. The van der Waals surface area contributed by atoms with Crippen molar-refractivity contribution in [1.82, 2.24) is 8.61 Å². The standard InChI is InChI=1S/C11H20N2O7S/c1-12(5-4-10(14)18-2)21(16,17)13-6-7-20-9(8-13)11(15)19-3/h9H,4-8H2,1-3H3. The third kappa shape index (κ3) is 4.63. The van der Waals surface area contributed by atoms with Crippen molar-refractivity contribution < 1.29 is 32.2 Å². The molecule has 1 aliphatic rings. The Balaban J connectivity index is 2.68. The summed E-state index contributed by atoms with van der Waals surface area (Å²) in [6.45, 7) is 0.120. The average molecular weight is 324 g/mol. The van der Waals surface area contributed by atoms with Crippen LogP contribution in [0.15, 0.2) is 0 Å². The zero-order valence-electron chi connectivity index (χ0n) is 12.3. The van der Waals surface area contributed by atoms with E-state index in [-0.39, 0.29) is 32.7 Å². The molecule has 1 heterocycles. The quantitative estimate of drug-likeness (QED) is 0.554. The fourth-order valence-corrected chi connectivity index (χ4v) is 3.12. The molecular weight excluding hydrogens is 304 g/mol. The van der Waals surface area contributed by atoms with E-state index in [4.69, 9.17) is 4.74 Å². The highest BCUT2D eigenvalue weighted by Gasteiger charge is 2.35. The molecule has 0 aromatic heterocycles. The van der Waals surface area contributed by atoms with Gasteiger partial charge in [-0.3, -0.25) is 4.79 Å². The van der Waals surface area contributed by atoms with Gasteiger partial charge < -0.3 is 14.2 Å². The number of methoxy groups -OCH3 is 2. The first-order valence-corrected chi connectivity index (χ1v) is 7.70. The number of ether oxygens (including phenoxy) is 3. The van der Waals surface area contributed by atoms with Crippen LogP contribution in [-0.2, 0) is 34.0 Å². The van der Waals surface area contributed by atoms with E-state index in [9.17, 15) is 18.0 Å². The van der Waals surface area contributed by atoms with Gasteiger partial charge in [-0.25, -0.2) is 4.79 Å². The molecule has 0 radical (unpaired) electrons. The van der Waals surface area contributed by atoms with Gasteiger partial charge in [-0.15, -0.1) is 0 Å². The van der Waals surface area contributed by atoms with Gasteiger partial charge in [-0.05, 0) is 0 Å². The Morgan fingerprint density at radius 2 is 2.00 bits per heavy atom. The zero-order valence-corrected chi connectivity index (χ0v) is 13.1. The first-order valence-electron chi connectivity index (χ1n) is 6.30. The Morgan fingerprint density at radius 3 is 2.57 bits per heavy atom. The molecule has 1 fully saturated rings. The molecule has 0 N–H and O–H groups in total. The first kappa shape index (κ1) is 17.8. The lowest BCUT2D eigenvalue weighted by Crippen LogP contribution is -2.52. The van der Waals surface area contributed by atoms with E-state index < -0.39 is 28.3 Å². The van der Waals surface area contributed by atoms with Gasteiger partial charge in [0.25, 0.3) is 10.2 Å². The number of carbonyl (C=O) groups excluding carboxylic acids is 2. The average Bonchev–Trinajstić information content (AvgIpc) is 2.51. The van der Waals surface area contributed by atoms with Crippen molar-refractivity contribution in [3.8, 4) is 0 Å². The van der Waals surface area contributed by atoms with E-state index in [1.165, 1.54) is 21.3 Å². The summed E-state index contributed by atoms with van der Waals surface area (Å²) in [4.78, 5) is 22.5. The minimum absolute atomic E-state index is 0.00471. The van der Waals surface area contributed by atoms with Crippen LogP contribution in [0.4, 0.5) is 0 Å². The lowest BCUT2D eigenvalue weighted by atomic mass is 10.3. The highest BCUT2D eigenvalue weighted by molar-refractivity contribution is 7.86. The molecule has 0 saturated carbocycles. The van der Waals surface area contributed by atoms with Crippen LogP contribution in [0.25, 0.3) is 0 Å². The minimum atomic E-state index is -3.77. The van der Waals surface area contributed by atoms with E-state index >= 15 is 0 Å². The molecule has 21 heavy (non-hydrogen) atoms. The predicted molar refractivity (Wildman–Crippen MR) is 71.5 cm³/mol. The van der Waals surface area contributed by atoms with Crippen LogP contribution in [0.5, 0.6) is 0 Å². The maximum Gasteiger partial charge on any atom is 0.336 e. The van der Waals surface area contributed by atoms with Crippen molar-refractivity contribution in [3.63, 3.8) is 0 Å². The van der Waals surface area contributed by atoms with Gasteiger partial charge in [0.05, 0.1) is 33.8 Å². The van der Waals surface area contributed by atoms with Crippen molar-refractivity contribution in [2.24, 2.45) is 0 Å². The number of hydrogen-bond acceptors (Lipinski definition) is 7. The van der Waals surface area contributed by atoms with Crippen LogP contribution in [0.3, 0.4) is 0 Å². The molecule has 1 saturated heterocycles. The van der Waals surface area contributed by atoms with E-state index in [0.717, 1.165) is 8.61 Å². The van der Waals surface area contributed by atoms with E-state index in [0.29, 0.717) is 0 Å². The van der Waals surface area contributed by atoms with Crippen molar-refractivity contribution in [3.05, 3.63) is 0 Å². The highest BCUT2D eigenvalue weighted by Crippen LogP contribution is 2.14. The van der Waals surface area contributed by atoms with Crippen LogP contribution >= 0.6 is 0 Å². The van der Waals surface area contributed by atoms with E-state index in [1.54, 1.807) is 0 Å². The van der Waals surface area contributed by atoms with Crippen molar-refractivity contribution >= 4 is 22.1 Å². The Labute approximate surface area is 123 Å². The number of hydrogen-bond donors (Lipinski definition) is 0. The molecule has 1 aliphatic heterocycles. The molecule has 1 unspecified atom stereocenters. The summed E-state index contributed by atoms with van der Waals surface area (Å²) in [6, 6.07) is 0. The smallest absolute Gasteiger partial charge is 0.336 e. The highest BCUT2D eigenvalue weighted by atomic mass is 32.2. The molecule has 9 nitrogen and oxygen atoms in total. The van der Waals surface area contributed by atoms with Crippen LogP contribution < -0.4 is 0 Å². The first-order chi connectivity index (χ1) is 9.82. The molecular formula is C11H20N2O7S. The topological polar surface area (TPSA) is 102 Å². The summed E-state index contributed by atoms with van der Waals surface area (Å²) in [7, 11) is 0.0383. The van der Waals surface area contributed by atoms with Crippen LogP contribution in [-0.4, -0.2) is 82.6 Å². The lowest BCUT2D eigenvalue weighted by Gasteiger charge is -2.33. The third-order valence-corrected chi connectivity index (χ3v) is 5.03. The van der Waals surface area contributed by atoms with Crippen molar-refractivity contribution in [2.75, 3.05) is 47.5 Å². The Kier molecular flexibility index (Phi) is 6.52. The molecule has 10 heteroatoms. The predicted octanol–water partition coefficient (Wildman–Crippen LogP) is -1.40. The Morgan fingerprint density at radius 1 is 1.33 bits per heavy atom. The normalized spacial score (nSPS) is 20.3. The maximum atomic E-state index is 12.3. The number of carbonyl (C=O) groups is 2. The van der Waals surface area contributed by atoms with Crippen molar-refractivity contribution in [2.45, 2.75) is 12.5 Å². The van der Waals surface area contributed by atoms with E-state index in [1.807, 2.05) is 0 Å². The maximum absolute atomic E-state index is 12.3. The van der Waals surface area contributed by atoms with Gasteiger partial charge in [0.15, 0.2) is 6.10 Å². The zero-order chi connectivity index (χ0) is 16.0. The number of rotatable bonds is 6.